The topological polar surface area (TPSA) is 84.5 Å². The second-order valence-electron chi connectivity index (χ2n) is 7.25. The molecule has 0 radical (unpaired) electrons. The summed E-state index contributed by atoms with van der Waals surface area (Å²) in [4.78, 5) is 12.2. The van der Waals surface area contributed by atoms with Crippen molar-refractivity contribution in [3.05, 3.63) is 59.2 Å². The van der Waals surface area contributed by atoms with Crippen LogP contribution in [-0.4, -0.2) is 27.2 Å². The van der Waals surface area contributed by atoms with Crippen LogP contribution in [0.3, 0.4) is 0 Å². The summed E-state index contributed by atoms with van der Waals surface area (Å²) in [5.74, 6) is -0.733. The van der Waals surface area contributed by atoms with E-state index >= 15 is 0 Å². The van der Waals surface area contributed by atoms with Crippen molar-refractivity contribution in [1.29, 1.82) is 0 Å². The molecule has 2 N–H and O–H groups in total. The quantitative estimate of drug-likeness (QED) is 0.637. The lowest BCUT2D eigenvalue weighted by Gasteiger charge is -2.16. The first-order valence-electron chi connectivity index (χ1n) is 9.85. The van der Waals surface area contributed by atoms with Crippen LogP contribution in [-0.2, 0) is 34.2 Å². The Morgan fingerprint density at radius 2 is 1.68 bits per heavy atom. The van der Waals surface area contributed by atoms with Gasteiger partial charge in [0.05, 0.1) is 4.90 Å². The number of fused-ring (bicyclic) bond motifs is 1. The molecule has 0 unspecified atom stereocenters. The number of carbonyl (C=O) groups excluding carboxylic acids is 1. The number of sulfonamides is 1. The Bertz CT molecular complexity index is 1020. The van der Waals surface area contributed by atoms with Gasteiger partial charge in [0.1, 0.15) is 5.75 Å². The van der Waals surface area contributed by atoms with E-state index in [4.69, 9.17) is 0 Å². The fourth-order valence-electron chi connectivity index (χ4n) is 3.36. The summed E-state index contributed by atoms with van der Waals surface area (Å²) in [5, 5.41) is 2.60. The Morgan fingerprint density at radius 3 is 2.35 bits per heavy atom. The molecule has 2 aromatic rings. The van der Waals surface area contributed by atoms with Gasteiger partial charge in [-0.25, -0.2) is 13.1 Å². The molecule has 1 amide bonds. The molecule has 31 heavy (non-hydrogen) atoms. The van der Waals surface area contributed by atoms with E-state index in [2.05, 4.69) is 14.8 Å². The SMILES string of the molecule is O=C(CCNS(=O)(=O)c1ccc2c(c1)CCCC2)NCc1ccc(OC(F)(F)F)cc1. The van der Waals surface area contributed by atoms with Gasteiger partial charge in [0.2, 0.25) is 15.9 Å². The third kappa shape index (κ3) is 6.96. The van der Waals surface area contributed by atoms with Crippen LogP contribution in [0.15, 0.2) is 47.4 Å². The lowest BCUT2D eigenvalue weighted by atomic mass is 9.92. The highest BCUT2D eigenvalue weighted by molar-refractivity contribution is 7.89. The third-order valence-corrected chi connectivity index (χ3v) is 6.38. The summed E-state index contributed by atoms with van der Waals surface area (Å²) < 4.78 is 67.6. The zero-order valence-corrected chi connectivity index (χ0v) is 17.5. The summed E-state index contributed by atoms with van der Waals surface area (Å²) in [5.41, 5.74) is 2.82. The number of benzene rings is 2. The van der Waals surface area contributed by atoms with Gasteiger partial charge < -0.3 is 10.1 Å². The first-order chi connectivity index (χ1) is 14.6. The maximum atomic E-state index is 12.5. The summed E-state index contributed by atoms with van der Waals surface area (Å²) in [6, 6.07) is 10.2. The van der Waals surface area contributed by atoms with Crippen LogP contribution in [0.1, 0.15) is 36.0 Å². The van der Waals surface area contributed by atoms with Crippen molar-refractivity contribution in [2.24, 2.45) is 0 Å². The number of ether oxygens (including phenoxy) is 1. The molecule has 10 heteroatoms. The molecule has 0 saturated carbocycles. The highest BCUT2D eigenvalue weighted by atomic mass is 32.2. The molecule has 0 fully saturated rings. The van der Waals surface area contributed by atoms with Gasteiger partial charge in [0, 0.05) is 19.5 Å². The number of hydrogen-bond donors (Lipinski definition) is 2. The zero-order valence-electron chi connectivity index (χ0n) is 16.7. The monoisotopic (exact) mass is 456 g/mol. The van der Waals surface area contributed by atoms with Crippen molar-refractivity contribution in [2.45, 2.75) is 49.9 Å². The van der Waals surface area contributed by atoms with Gasteiger partial charge in [0.15, 0.2) is 0 Å². The zero-order chi connectivity index (χ0) is 22.5. The Morgan fingerprint density at radius 1 is 1.00 bits per heavy atom. The molecule has 0 heterocycles. The maximum Gasteiger partial charge on any atom is 0.573 e. The highest BCUT2D eigenvalue weighted by Gasteiger charge is 2.30. The van der Waals surface area contributed by atoms with Crippen molar-refractivity contribution in [3.8, 4) is 5.75 Å². The molecule has 0 bridgehead atoms. The molecule has 1 aliphatic carbocycles. The summed E-state index contributed by atoms with van der Waals surface area (Å²) in [7, 11) is -3.71. The van der Waals surface area contributed by atoms with E-state index in [9.17, 15) is 26.4 Å². The minimum absolute atomic E-state index is 0.0659. The fourth-order valence-corrected chi connectivity index (χ4v) is 4.44. The molecule has 0 spiro atoms. The van der Waals surface area contributed by atoms with Gasteiger partial charge in [-0.2, -0.15) is 0 Å². The first kappa shape index (κ1) is 23.1. The van der Waals surface area contributed by atoms with E-state index in [1.54, 1.807) is 12.1 Å². The number of nitrogens with one attached hydrogen (secondary N) is 2. The lowest BCUT2D eigenvalue weighted by Crippen LogP contribution is -2.30. The molecule has 0 atom stereocenters. The van der Waals surface area contributed by atoms with Gasteiger partial charge in [-0.05, 0) is 66.6 Å². The van der Waals surface area contributed by atoms with Crippen molar-refractivity contribution in [1.82, 2.24) is 10.0 Å². The smallest absolute Gasteiger partial charge is 0.406 e. The van der Waals surface area contributed by atoms with Crippen molar-refractivity contribution in [3.63, 3.8) is 0 Å². The number of rotatable bonds is 8. The summed E-state index contributed by atoms with van der Waals surface area (Å²) in [6.45, 7) is 0.0340. The van der Waals surface area contributed by atoms with Gasteiger partial charge in [-0.3, -0.25) is 4.79 Å². The van der Waals surface area contributed by atoms with Crippen LogP contribution in [0.25, 0.3) is 0 Å². The Hall–Kier alpha value is -2.59. The molecule has 2 aromatic carbocycles. The number of alkyl halides is 3. The van der Waals surface area contributed by atoms with E-state index in [0.717, 1.165) is 43.4 Å². The molecule has 3 rings (SSSR count). The molecule has 0 aromatic heterocycles. The lowest BCUT2D eigenvalue weighted by molar-refractivity contribution is -0.274. The van der Waals surface area contributed by atoms with Gasteiger partial charge >= 0.3 is 6.36 Å². The largest absolute Gasteiger partial charge is 0.573 e. The van der Waals surface area contributed by atoms with Crippen LogP contribution in [0, 0.1) is 0 Å². The van der Waals surface area contributed by atoms with Gasteiger partial charge in [-0.1, -0.05) is 18.2 Å². The van der Waals surface area contributed by atoms with Crippen LogP contribution >= 0.6 is 0 Å². The van der Waals surface area contributed by atoms with E-state index < -0.39 is 16.4 Å². The number of carbonyl (C=O) groups is 1. The molecule has 6 nitrogen and oxygen atoms in total. The summed E-state index contributed by atoms with van der Waals surface area (Å²) >= 11 is 0. The average Bonchev–Trinajstić information content (AvgIpc) is 2.71. The average molecular weight is 456 g/mol. The Balaban J connectivity index is 1.44. The molecule has 0 saturated heterocycles. The minimum atomic E-state index is -4.76. The number of hydrogen-bond acceptors (Lipinski definition) is 4. The molecule has 0 aliphatic heterocycles. The van der Waals surface area contributed by atoms with Crippen LogP contribution < -0.4 is 14.8 Å². The second kappa shape index (κ2) is 9.69. The Kier molecular flexibility index (Phi) is 7.22. The highest BCUT2D eigenvalue weighted by Crippen LogP contribution is 2.24. The van der Waals surface area contributed by atoms with Gasteiger partial charge in [0.25, 0.3) is 0 Å². The van der Waals surface area contributed by atoms with Gasteiger partial charge in [-0.15, -0.1) is 13.2 Å². The molecule has 1 aliphatic rings. The van der Waals surface area contributed by atoms with E-state index in [1.807, 2.05) is 6.07 Å². The number of amides is 1. The van der Waals surface area contributed by atoms with Crippen LogP contribution in [0.5, 0.6) is 5.75 Å². The minimum Gasteiger partial charge on any atom is -0.406 e. The maximum absolute atomic E-state index is 12.5. The summed E-state index contributed by atoms with van der Waals surface area (Å²) in [6.07, 6.45) is -0.854. The van der Waals surface area contributed by atoms with E-state index in [-0.39, 0.29) is 36.1 Å². The predicted molar refractivity (Wildman–Crippen MR) is 108 cm³/mol. The normalized spacial score (nSPS) is 14.0. The van der Waals surface area contributed by atoms with Crippen LogP contribution in [0.4, 0.5) is 13.2 Å². The third-order valence-electron chi connectivity index (χ3n) is 4.92. The predicted octanol–water partition coefficient (Wildman–Crippen LogP) is 3.45. The number of aryl methyl sites for hydroxylation is 2. The first-order valence-corrected chi connectivity index (χ1v) is 11.3. The van der Waals surface area contributed by atoms with Crippen molar-refractivity contribution >= 4 is 15.9 Å². The second-order valence-corrected chi connectivity index (χ2v) is 9.02. The van der Waals surface area contributed by atoms with Crippen LogP contribution in [0.2, 0.25) is 0 Å². The van der Waals surface area contributed by atoms with E-state index in [0.29, 0.717) is 5.56 Å². The Labute approximate surface area is 178 Å². The molecule has 168 valence electrons. The molecular formula is C21H23F3N2O4S. The fraction of sp³-hybridized carbons (Fsp3) is 0.381. The standard InChI is InChI=1S/C21H23F3N2O4S/c22-21(23,24)30-18-8-5-15(6-9-18)14-25-20(27)11-12-26-31(28,29)19-10-7-16-3-1-2-4-17(16)13-19/h5-10,13,26H,1-4,11-12,14H2,(H,25,27). The molecular weight excluding hydrogens is 433 g/mol. The van der Waals surface area contributed by atoms with E-state index in [1.165, 1.54) is 17.7 Å². The van der Waals surface area contributed by atoms with Crippen molar-refractivity contribution < 1.29 is 31.1 Å². The van der Waals surface area contributed by atoms with Crippen molar-refractivity contribution in [2.75, 3.05) is 6.54 Å². The number of halogens is 3.